The third-order valence-corrected chi connectivity index (χ3v) is 6.02. The van der Waals surface area contributed by atoms with Crippen molar-refractivity contribution in [1.29, 1.82) is 0 Å². The van der Waals surface area contributed by atoms with Gasteiger partial charge in [-0.3, -0.25) is 14.6 Å². The molecule has 0 radical (unpaired) electrons. The molecule has 2 amide bonds. The largest absolute Gasteiger partial charge is 0.359 e. The quantitative estimate of drug-likeness (QED) is 0.647. The van der Waals surface area contributed by atoms with E-state index in [2.05, 4.69) is 15.6 Å². The van der Waals surface area contributed by atoms with Crippen LogP contribution in [0.5, 0.6) is 0 Å². The fraction of sp³-hybridized carbons (Fsp3) is 0.278. The Balaban J connectivity index is 1.54. The van der Waals surface area contributed by atoms with Gasteiger partial charge in [0.1, 0.15) is 6.23 Å². The molecule has 0 spiro atoms. The van der Waals surface area contributed by atoms with Crippen LogP contribution in [-0.4, -0.2) is 55.4 Å². The van der Waals surface area contributed by atoms with Gasteiger partial charge in [0, 0.05) is 25.5 Å². The van der Waals surface area contributed by atoms with E-state index in [1.165, 1.54) is 16.4 Å². The highest BCUT2D eigenvalue weighted by Gasteiger charge is 2.36. The van der Waals surface area contributed by atoms with Crippen LogP contribution in [-0.2, 0) is 30.9 Å². The highest BCUT2D eigenvalue weighted by Crippen LogP contribution is 2.21. The van der Waals surface area contributed by atoms with Gasteiger partial charge in [0.05, 0.1) is 18.0 Å². The summed E-state index contributed by atoms with van der Waals surface area (Å²) in [6.07, 6.45) is 2.31. The molecule has 0 aliphatic carbocycles. The number of sulfonamides is 1. The minimum absolute atomic E-state index is 0.134. The van der Waals surface area contributed by atoms with Crippen molar-refractivity contribution < 1.29 is 22.7 Å². The van der Waals surface area contributed by atoms with Crippen LogP contribution in [0.4, 0.5) is 0 Å². The number of rotatable bonds is 6. The lowest BCUT2D eigenvalue weighted by Crippen LogP contribution is -2.47. The second kappa shape index (κ2) is 8.91. The molecule has 2 aromatic rings. The summed E-state index contributed by atoms with van der Waals surface area (Å²) in [5, 5.41) is 4.89. The van der Waals surface area contributed by atoms with Crippen LogP contribution >= 0.6 is 0 Å². The first kappa shape index (κ1) is 19.9. The number of benzene rings is 1. The Labute approximate surface area is 162 Å². The maximum Gasteiger partial charge on any atom is 0.309 e. The van der Waals surface area contributed by atoms with Crippen LogP contribution in [0.2, 0.25) is 0 Å². The predicted octanol–water partition coefficient (Wildman–Crippen LogP) is -0.139. The maximum atomic E-state index is 12.7. The van der Waals surface area contributed by atoms with Crippen molar-refractivity contribution in [2.24, 2.45) is 0 Å². The monoisotopic (exact) mass is 404 g/mol. The molecule has 1 aliphatic rings. The zero-order valence-corrected chi connectivity index (χ0v) is 15.8. The van der Waals surface area contributed by atoms with E-state index in [1.54, 1.807) is 42.7 Å². The second-order valence-electron chi connectivity index (χ2n) is 6.01. The smallest absolute Gasteiger partial charge is 0.309 e. The normalized spacial score (nSPS) is 17.2. The molecule has 1 atom stereocenters. The molecule has 1 aromatic heterocycles. The highest BCUT2D eigenvalue weighted by molar-refractivity contribution is 7.89. The van der Waals surface area contributed by atoms with Crippen molar-refractivity contribution in [1.82, 2.24) is 19.9 Å². The van der Waals surface area contributed by atoms with Crippen LogP contribution in [0.15, 0.2) is 59.8 Å². The van der Waals surface area contributed by atoms with E-state index in [1.807, 2.05) is 0 Å². The van der Waals surface area contributed by atoms with Gasteiger partial charge in [-0.05, 0) is 23.8 Å². The molecular formula is C18H20N4O5S. The number of carbonyl (C=O) groups is 2. The fourth-order valence-electron chi connectivity index (χ4n) is 2.69. The maximum absolute atomic E-state index is 12.7. The summed E-state index contributed by atoms with van der Waals surface area (Å²) in [6.45, 7) is 0.407. The minimum atomic E-state index is -3.75. The number of aromatic nitrogens is 1. The van der Waals surface area contributed by atoms with Gasteiger partial charge in [-0.2, -0.15) is 4.31 Å². The lowest BCUT2D eigenvalue weighted by Gasteiger charge is -2.22. The van der Waals surface area contributed by atoms with Gasteiger partial charge in [-0.1, -0.05) is 24.3 Å². The molecule has 9 nitrogen and oxygen atoms in total. The number of nitrogens with zero attached hydrogens (tertiary/aromatic N) is 2. The second-order valence-corrected chi connectivity index (χ2v) is 7.90. The Morgan fingerprint density at radius 2 is 1.86 bits per heavy atom. The van der Waals surface area contributed by atoms with Crippen molar-refractivity contribution >= 4 is 21.8 Å². The van der Waals surface area contributed by atoms with Crippen LogP contribution in [0.3, 0.4) is 0 Å². The third-order valence-electron chi connectivity index (χ3n) is 4.11. The molecule has 10 heteroatoms. The van der Waals surface area contributed by atoms with E-state index < -0.39 is 28.1 Å². The number of nitrogens with one attached hydrogen (secondary N) is 2. The molecule has 0 bridgehead atoms. The topological polar surface area (TPSA) is 118 Å². The van der Waals surface area contributed by atoms with Gasteiger partial charge in [-0.25, -0.2) is 8.42 Å². The number of hydrogen-bond donors (Lipinski definition) is 2. The molecular weight excluding hydrogens is 384 g/mol. The van der Waals surface area contributed by atoms with E-state index in [4.69, 9.17) is 4.74 Å². The van der Waals surface area contributed by atoms with Crippen molar-refractivity contribution in [3.63, 3.8) is 0 Å². The number of amides is 2. The van der Waals surface area contributed by atoms with Crippen molar-refractivity contribution in [2.75, 3.05) is 19.7 Å². The van der Waals surface area contributed by atoms with E-state index >= 15 is 0 Å². The van der Waals surface area contributed by atoms with Gasteiger partial charge < -0.3 is 15.4 Å². The Morgan fingerprint density at radius 1 is 1.11 bits per heavy atom. The molecule has 1 fully saturated rings. The zero-order valence-electron chi connectivity index (χ0n) is 14.9. The molecule has 1 aromatic carbocycles. The molecule has 28 heavy (non-hydrogen) atoms. The van der Waals surface area contributed by atoms with Gasteiger partial charge in [-0.15, -0.1) is 0 Å². The van der Waals surface area contributed by atoms with Crippen molar-refractivity contribution in [3.05, 3.63) is 60.4 Å². The van der Waals surface area contributed by atoms with Crippen LogP contribution < -0.4 is 10.6 Å². The van der Waals surface area contributed by atoms with Gasteiger partial charge in [0.2, 0.25) is 10.0 Å². The first-order valence-electron chi connectivity index (χ1n) is 8.62. The lowest BCUT2D eigenvalue weighted by molar-refractivity contribution is -0.139. The molecule has 148 valence electrons. The fourth-order valence-corrected chi connectivity index (χ4v) is 4.23. The summed E-state index contributed by atoms with van der Waals surface area (Å²) in [7, 11) is -3.75. The average Bonchev–Trinajstić information content (AvgIpc) is 3.21. The molecule has 0 saturated carbocycles. The highest BCUT2D eigenvalue weighted by atomic mass is 32.2. The average molecular weight is 404 g/mol. The minimum Gasteiger partial charge on any atom is -0.359 e. The summed E-state index contributed by atoms with van der Waals surface area (Å²) < 4.78 is 32.1. The number of hydrogen-bond acceptors (Lipinski definition) is 6. The van der Waals surface area contributed by atoms with Crippen LogP contribution in [0.1, 0.15) is 5.56 Å². The SMILES string of the molecule is O=C(NCc1cccnc1)C(=O)NC[C@@H]1OCCN1S(=O)(=O)c1ccccc1. The first-order valence-corrected chi connectivity index (χ1v) is 10.1. The van der Waals surface area contributed by atoms with Crippen LogP contribution in [0, 0.1) is 0 Å². The number of carbonyl (C=O) groups excluding carboxylic acids is 2. The summed E-state index contributed by atoms with van der Waals surface area (Å²) in [5.74, 6) is -1.68. The lowest BCUT2D eigenvalue weighted by atomic mass is 10.3. The van der Waals surface area contributed by atoms with E-state index in [0.29, 0.717) is 0 Å². The summed E-state index contributed by atoms with van der Waals surface area (Å²) in [6, 6.07) is 11.5. The molecule has 1 aliphatic heterocycles. The standard InChI is InChI=1S/C18H20N4O5S/c23-17(20-12-14-5-4-8-19-11-14)18(24)21-13-16-22(9-10-27-16)28(25,26)15-6-2-1-3-7-15/h1-8,11,16H,9-10,12-13H2,(H,20,23)(H,21,24)/t16-/m0/s1. The predicted molar refractivity (Wildman–Crippen MR) is 99.2 cm³/mol. The Kier molecular flexibility index (Phi) is 6.34. The molecule has 2 heterocycles. The Bertz CT molecular complexity index is 922. The molecule has 3 rings (SSSR count). The van der Waals surface area contributed by atoms with Gasteiger partial charge in [0.25, 0.3) is 0 Å². The summed E-state index contributed by atoms with van der Waals surface area (Å²) in [5.41, 5.74) is 0.753. The molecule has 2 N–H and O–H groups in total. The van der Waals surface area contributed by atoms with E-state index in [0.717, 1.165) is 5.56 Å². The number of ether oxygens (including phenoxy) is 1. The number of pyridine rings is 1. The van der Waals surface area contributed by atoms with Crippen molar-refractivity contribution in [3.8, 4) is 0 Å². The Hall–Kier alpha value is -2.82. The van der Waals surface area contributed by atoms with Crippen LogP contribution in [0.25, 0.3) is 0 Å². The summed E-state index contributed by atoms with van der Waals surface area (Å²) >= 11 is 0. The molecule has 0 unspecified atom stereocenters. The van der Waals surface area contributed by atoms with E-state index in [-0.39, 0.29) is 31.1 Å². The first-order chi connectivity index (χ1) is 13.5. The zero-order chi connectivity index (χ0) is 20.0. The molecule has 1 saturated heterocycles. The summed E-state index contributed by atoms with van der Waals surface area (Å²) in [4.78, 5) is 28.0. The van der Waals surface area contributed by atoms with Crippen molar-refractivity contribution in [2.45, 2.75) is 17.7 Å². The van der Waals surface area contributed by atoms with E-state index in [9.17, 15) is 18.0 Å². The van der Waals surface area contributed by atoms with Gasteiger partial charge >= 0.3 is 11.8 Å². The third kappa shape index (κ3) is 4.71. The Morgan fingerprint density at radius 3 is 2.57 bits per heavy atom. The van der Waals surface area contributed by atoms with Gasteiger partial charge in [0.15, 0.2) is 0 Å².